The van der Waals surface area contributed by atoms with Crippen LogP contribution in [0.25, 0.3) is 0 Å². The first-order valence-electron chi connectivity index (χ1n) is 5.89. The van der Waals surface area contributed by atoms with Gasteiger partial charge in [-0.05, 0) is 25.8 Å². The third kappa shape index (κ3) is 2.47. The summed E-state index contributed by atoms with van der Waals surface area (Å²) in [5.74, 6) is -0.780. The number of rotatable bonds is 4. The van der Waals surface area contributed by atoms with Crippen molar-refractivity contribution in [1.29, 1.82) is 0 Å². The van der Waals surface area contributed by atoms with Crippen molar-refractivity contribution < 1.29 is 14.3 Å². The second-order valence-electron chi connectivity index (χ2n) is 4.52. The largest absolute Gasteiger partial charge is 0.467 e. The highest BCUT2D eigenvalue weighted by atomic mass is 16.5. The summed E-state index contributed by atoms with van der Waals surface area (Å²) >= 11 is 0. The summed E-state index contributed by atoms with van der Waals surface area (Å²) in [4.78, 5) is 23.3. The first-order valence-corrected chi connectivity index (χ1v) is 5.89. The second kappa shape index (κ2) is 4.72. The van der Waals surface area contributed by atoms with Crippen LogP contribution < -0.4 is 11.1 Å². The molecule has 0 radical (unpaired) electrons. The molecule has 1 fully saturated rings. The molecule has 0 aliphatic heterocycles. The molecule has 0 saturated heterocycles. The Kier molecular flexibility index (Phi) is 3.27. The zero-order chi connectivity index (χ0) is 13.3. The van der Waals surface area contributed by atoms with Gasteiger partial charge in [-0.3, -0.25) is 4.79 Å². The van der Waals surface area contributed by atoms with E-state index in [1.807, 2.05) is 4.57 Å². The summed E-state index contributed by atoms with van der Waals surface area (Å²) in [6, 6.07) is 1.31. The van der Waals surface area contributed by atoms with Crippen molar-refractivity contribution in [3.05, 3.63) is 18.0 Å². The van der Waals surface area contributed by atoms with Gasteiger partial charge in [-0.2, -0.15) is 0 Å². The third-order valence-electron chi connectivity index (χ3n) is 2.94. The highest BCUT2D eigenvalue weighted by molar-refractivity contribution is 5.96. The summed E-state index contributed by atoms with van der Waals surface area (Å²) in [5.41, 5.74) is 6.75. The maximum atomic E-state index is 12.0. The van der Waals surface area contributed by atoms with Crippen LogP contribution in [0.3, 0.4) is 0 Å². The summed E-state index contributed by atoms with van der Waals surface area (Å²) in [6.45, 7) is 1.58. The Morgan fingerprint density at radius 2 is 2.22 bits per heavy atom. The number of ether oxygens (including phenoxy) is 1. The van der Waals surface area contributed by atoms with Gasteiger partial charge in [0.1, 0.15) is 11.7 Å². The molecule has 1 unspecified atom stereocenters. The molecule has 1 aromatic rings. The molecule has 1 heterocycles. The Bertz CT molecular complexity index is 477. The first kappa shape index (κ1) is 12.5. The Morgan fingerprint density at radius 3 is 2.78 bits per heavy atom. The van der Waals surface area contributed by atoms with Gasteiger partial charge in [0.05, 0.1) is 12.8 Å². The molecule has 1 aromatic heterocycles. The van der Waals surface area contributed by atoms with E-state index in [1.165, 1.54) is 7.11 Å². The fourth-order valence-electron chi connectivity index (χ4n) is 1.84. The summed E-state index contributed by atoms with van der Waals surface area (Å²) < 4.78 is 6.43. The summed E-state index contributed by atoms with van der Waals surface area (Å²) in [5, 5.41) is 2.59. The predicted octanol–water partition coefficient (Wildman–Crippen LogP) is 0.696. The van der Waals surface area contributed by atoms with Crippen LogP contribution in [0.15, 0.2) is 12.3 Å². The molecule has 98 valence electrons. The molecule has 6 heteroatoms. The van der Waals surface area contributed by atoms with Crippen molar-refractivity contribution in [1.82, 2.24) is 9.88 Å². The van der Waals surface area contributed by atoms with Gasteiger partial charge in [0.2, 0.25) is 0 Å². The van der Waals surface area contributed by atoms with Crippen molar-refractivity contribution in [2.75, 3.05) is 12.8 Å². The molecule has 1 amide bonds. The first-order chi connectivity index (χ1) is 8.52. The number of nitrogens with zero attached hydrogens (tertiary/aromatic N) is 1. The van der Waals surface area contributed by atoms with E-state index in [1.54, 1.807) is 19.2 Å². The van der Waals surface area contributed by atoms with Crippen molar-refractivity contribution in [2.45, 2.75) is 31.8 Å². The fourth-order valence-corrected chi connectivity index (χ4v) is 1.84. The predicted molar refractivity (Wildman–Crippen MR) is 66.1 cm³/mol. The Balaban J connectivity index is 2.11. The minimum atomic E-state index is -0.675. The lowest BCUT2D eigenvalue weighted by molar-refractivity contribution is -0.142. The van der Waals surface area contributed by atoms with Gasteiger partial charge in [0, 0.05) is 12.2 Å². The normalized spacial score (nSPS) is 16.1. The molecular weight excluding hydrogens is 234 g/mol. The molecule has 18 heavy (non-hydrogen) atoms. The van der Waals surface area contributed by atoms with Crippen LogP contribution in [0.5, 0.6) is 0 Å². The SMILES string of the molecule is COC(=O)C(C)NC(=O)c1cc(N)cn1C1CC1. The Hall–Kier alpha value is -1.98. The number of aromatic nitrogens is 1. The summed E-state index contributed by atoms with van der Waals surface area (Å²) in [6.07, 6.45) is 3.87. The van der Waals surface area contributed by atoms with E-state index in [2.05, 4.69) is 10.1 Å². The van der Waals surface area contributed by atoms with Gasteiger partial charge >= 0.3 is 5.97 Å². The highest BCUT2D eigenvalue weighted by Crippen LogP contribution is 2.37. The van der Waals surface area contributed by atoms with E-state index in [0.717, 1.165) is 12.8 Å². The van der Waals surface area contributed by atoms with Crippen LogP contribution in [0.2, 0.25) is 0 Å². The molecule has 1 atom stereocenters. The zero-order valence-corrected chi connectivity index (χ0v) is 10.5. The van der Waals surface area contributed by atoms with Crippen LogP contribution in [-0.2, 0) is 9.53 Å². The second-order valence-corrected chi connectivity index (χ2v) is 4.52. The van der Waals surface area contributed by atoms with Crippen LogP contribution in [-0.4, -0.2) is 29.6 Å². The number of hydrogen-bond acceptors (Lipinski definition) is 4. The summed E-state index contributed by atoms with van der Waals surface area (Å²) in [7, 11) is 1.29. The number of anilines is 1. The monoisotopic (exact) mass is 251 g/mol. The van der Waals surface area contributed by atoms with Gasteiger partial charge in [-0.25, -0.2) is 4.79 Å². The maximum Gasteiger partial charge on any atom is 0.328 e. The van der Waals surface area contributed by atoms with Gasteiger partial charge in [0.15, 0.2) is 0 Å². The molecule has 6 nitrogen and oxygen atoms in total. The van der Waals surface area contributed by atoms with E-state index in [9.17, 15) is 9.59 Å². The molecule has 0 spiro atoms. The minimum absolute atomic E-state index is 0.309. The molecule has 2 rings (SSSR count). The number of nitrogen functional groups attached to an aromatic ring is 1. The lowest BCUT2D eigenvalue weighted by atomic mass is 10.3. The Morgan fingerprint density at radius 1 is 1.56 bits per heavy atom. The number of esters is 1. The molecular formula is C12H17N3O3. The lowest BCUT2D eigenvalue weighted by Gasteiger charge is -2.12. The van der Waals surface area contributed by atoms with Gasteiger partial charge in [0.25, 0.3) is 5.91 Å². The number of nitrogens with one attached hydrogen (secondary N) is 1. The number of methoxy groups -OCH3 is 1. The van der Waals surface area contributed by atoms with Crippen molar-refractivity contribution in [3.8, 4) is 0 Å². The van der Waals surface area contributed by atoms with Crippen LogP contribution in [0.1, 0.15) is 36.3 Å². The number of carbonyl (C=O) groups is 2. The number of amides is 1. The van der Waals surface area contributed by atoms with Crippen molar-refractivity contribution in [3.63, 3.8) is 0 Å². The smallest absolute Gasteiger partial charge is 0.328 e. The maximum absolute atomic E-state index is 12.0. The average molecular weight is 251 g/mol. The van der Waals surface area contributed by atoms with E-state index in [0.29, 0.717) is 17.4 Å². The molecule has 0 aromatic carbocycles. The molecule has 3 N–H and O–H groups in total. The minimum Gasteiger partial charge on any atom is -0.467 e. The van der Waals surface area contributed by atoms with Crippen LogP contribution >= 0.6 is 0 Å². The van der Waals surface area contributed by atoms with Gasteiger partial charge < -0.3 is 20.4 Å². The molecule has 1 aliphatic carbocycles. The van der Waals surface area contributed by atoms with E-state index in [-0.39, 0.29) is 5.91 Å². The fraction of sp³-hybridized carbons (Fsp3) is 0.500. The quantitative estimate of drug-likeness (QED) is 0.771. The third-order valence-corrected chi connectivity index (χ3v) is 2.94. The van der Waals surface area contributed by atoms with E-state index < -0.39 is 12.0 Å². The van der Waals surface area contributed by atoms with Gasteiger partial charge in [-0.1, -0.05) is 0 Å². The van der Waals surface area contributed by atoms with E-state index >= 15 is 0 Å². The molecule has 1 aliphatic rings. The lowest BCUT2D eigenvalue weighted by Crippen LogP contribution is -2.39. The zero-order valence-electron chi connectivity index (χ0n) is 10.5. The van der Waals surface area contributed by atoms with Crippen molar-refractivity contribution in [2.24, 2.45) is 0 Å². The van der Waals surface area contributed by atoms with Gasteiger partial charge in [-0.15, -0.1) is 0 Å². The van der Waals surface area contributed by atoms with Crippen molar-refractivity contribution >= 4 is 17.6 Å². The number of carbonyl (C=O) groups excluding carboxylic acids is 2. The number of hydrogen-bond donors (Lipinski definition) is 2. The molecule has 0 bridgehead atoms. The topological polar surface area (TPSA) is 86.3 Å². The average Bonchev–Trinajstić information content (AvgIpc) is 3.11. The van der Waals surface area contributed by atoms with Crippen LogP contribution in [0, 0.1) is 0 Å². The molecule has 1 saturated carbocycles. The highest BCUT2D eigenvalue weighted by Gasteiger charge is 2.28. The number of nitrogens with two attached hydrogens (primary N) is 1. The standard InChI is InChI=1S/C12H17N3O3/c1-7(12(17)18-2)14-11(16)10-5-8(13)6-15(10)9-3-4-9/h5-7,9H,3-4,13H2,1-2H3,(H,14,16). The Labute approximate surface area is 105 Å². The van der Waals surface area contributed by atoms with Crippen LogP contribution in [0.4, 0.5) is 5.69 Å². The van der Waals surface area contributed by atoms with E-state index in [4.69, 9.17) is 5.73 Å².